The molecule has 0 saturated carbocycles. The van der Waals surface area contributed by atoms with Gasteiger partial charge in [0.2, 0.25) is 5.89 Å². The third kappa shape index (κ3) is 2.09. The van der Waals surface area contributed by atoms with Gasteiger partial charge in [-0.15, -0.1) is 11.6 Å². The summed E-state index contributed by atoms with van der Waals surface area (Å²) in [5, 5.41) is 3.60. The number of rotatable bonds is 3. The molecule has 0 fully saturated rings. The number of fused-ring (bicyclic) bond motifs is 1. The lowest BCUT2D eigenvalue weighted by molar-refractivity contribution is 0.374. The van der Waals surface area contributed by atoms with E-state index in [9.17, 15) is 0 Å². The van der Waals surface area contributed by atoms with E-state index in [1.54, 1.807) is 6.92 Å². The maximum Gasteiger partial charge on any atom is 0.244 e. The smallest absolute Gasteiger partial charge is 0.244 e. The number of aromatic nitrogens is 4. The fraction of sp³-hybridized carbons (Fsp3) is 0.250. The van der Waals surface area contributed by atoms with Gasteiger partial charge in [0.1, 0.15) is 11.2 Å². The van der Waals surface area contributed by atoms with Crippen LogP contribution in [0.1, 0.15) is 29.8 Å². The number of hydrogen-bond acceptors (Lipinski definition) is 4. The molecule has 1 unspecified atom stereocenters. The van der Waals surface area contributed by atoms with Crippen LogP contribution in [0.5, 0.6) is 0 Å². The molecule has 92 valence electrons. The fourth-order valence-corrected chi connectivity index (χ4v) is 1.83. The minimum absolute atomic E-state index is 0.276. The molecule has 0 amide bonds. The second-order valence-electron chi connectivity index (χ2n) is 4.04. The van der Waals surface area contributed by atoms with Gasteiger partial charge in [0.15, 0.2) is 5.82 Å². The second-order valence-corrected chi connectivity index (χ2v) is 4.70. The van der Waals surface area contributed by atoms with Crippen molar-refractivity contribution in [2.24, 2.45) is 0 Å². The summed E-state index contributed by atoms with van der Waals surface area (Å²) in [6.07, 6.45) is 0.502. The van der Waals surface area contributed by atoms with Crippen molar-refractivity contribution < 1.29 is 4.52 Å². The Bertz CT molecular complexity index is 640. The van der Waals surface area contributed by atoms with Gasteiger partial charge < -0.3 is 9.51 Å². The summed E-state index contributed by atoms with van der Waals surface area (Å²) < 4.78 is 5.04. The van der Waals surface area contributed by atoms with E-state index in [4.69, 9.17) is 16.1 Å². The highest BCUT2D eigenvalue weighted by Crippen LogP contribution is 2.18. The molecule has 0 aliphatic rings. The number of aromatic amines is 1. The zero-order chi connectivity index (χ0) is 12.5. The molecule has 18 heavy (non-hydrogen) atoms. The Labute approximate surface area is 108 Å². The largest absolute Gasteiger partial charge is 0.342 e. The van der Waals surface area contributed by atoms with Crippen LogP contribution in [0.25, 0.3) is 11.0 Å². The van der Waals surface area contributed by atoms with Crippen molar-refractivity contribution in [3.8, 4) is 0 Å². The summed E-state index contributed by atoms with van der Waals surface area (Å²) in [6, 6.07) is 7.85. The van der Waals surface area contributed by atoms with Crippen LogP contribution in [0, 0.1) is 0 Å². The molecule has 2 heterocycles. The van der Waals surface area contributed by atoms with E-state index in [0.29, 0.717) is 18.1 Å². The van der Waals surface area contributed by atoms with Crippen molar-refractivity contribution >= 4 is 22.6 Å². The SMILES string of the molecule is CC(Cl)c1nc(Cc2nc3ccccc3[nH]2)no1. The number of hydrogen-bond donors (Lipinski definition) is 1. The maximum absolute atomic E-state index is 5.86. The number of H-pyrrole nitrogens is 1. The maximum atomic E-state index is 5.86. The average molecular weight is 263 g/mol. The third-order valence-electron chi connectivity index (χ3n) is 2.59. The van der Waals surface area contributed by atoms with E-state index >= 15 is 0 Å². The van der Waals surface area contributed by atoms with Gasteiger partial charge in [-0.1, -0.05) is 17.3 Å². The van der Waals surface area contributed by atoms with Gasteiger partial charge in [-0.25, -0.2) is 4.98 Å². The lowest BCUT2D eigenvalue weighted by Gasteiger charge is -1.90. The first-order valence-corrected chi connectivity index (χ1v) is 6.06. The summed E-state index contributed by atoms with van der Waals surface area (Å²) in [4.78, 5) is 11.9. The highest BCUT2D eigenvalue weighted by molar-refractivity contribution is 6.20. The van der Waals surface area contributed by atoms with E-state index < -0.39 is 0 Å². The van der Waals surface area contributed by atoms with Crippen LogP contribution in [0.4, 0.5) is 0 Å². The topological polar surface area (TPSA) is 67.6 Å². The minimum Gasteiger partial charge on any atom is -0.342 e. The van der Waals surface area contributed by atoms with Gasteiger partial charge in [-0.2, -0.15) is 4.98 Å². The standard InChI is InChI=1S/C12H11ClN4O/c1-7(13)12-16-11(17-18-12)6-10-14-8-4-2-3-5-9(8)15-10/h2-5,7H,6H2,1H3,(H,14,15). The van der Waals surface area contributed by atoms with E-state index in [-0.39, 0.29) is 5.38 Å². The molecule has 0 bridgehead atoms. The molecule has 2 aromatic heterocycles. The lowest BCUT2D eigenvalue weighted by Crippen LogP contribution is -1.93. The molecule has 3 rings (SSSR count). The quantitative estimate of drug-likeness (QED) is 0.737. The molecule has 1 atom stereocenters. The average Bonchev–Trinajstić information content (AvgIpc) is 2.94. The van der Waals surface area contributed by atoms with Crippen molar-refractivity contribution in [2.45, 2.75) is 18.7 Å². The van der Waals surface area contributed by atoms with Gasteiger partial charge in [-0.3, -0.25) is 0 Å². The Balaban J connectivity index is 1.86. The van der Waals surface area contributed by atoms with E-state index in [0.717, 1.165) is 16.9 Å². The van der Waals surface area contributed by atoms with Crippen LogP contribution in [-0.4, -0.2) is 20.1 Å². The summed E-state index contributed by atoms with van der Waals surface area (Å²) in [7, 11) is 0. The first-order chi connectivity index (χ1) is 8.72. The molecular formula is C12H11ClN4O. The van der Waals surface area contributed by atoms with Crippen molar-refractivity contribution in [2.75, 3.05) is 0 Å². The molecule has 5 nitrogen and oxygen atoms in total. The predicted molar refractivity (Wildman–Crippen MR) is 67.5 cm³/mol. The van der Waals surface area contributed by atoms with Crippen molar-refractivity contribution in [1.82, 2.24) is 20.1 Å². The van der Waals surface area contributed by atoms with Gasteiger partial charge in [0.25, 0.3) is 0 Å². The number of imidazole rings is 1. The highest BCUT2D eigenvalue weighted by Gasteiger charge is 2.13. The van der Waals surface area contributed by atoms with E-state index in [1.165, 1.54) is 0 Å². The van der Waals surface area contributed by atoms with Crippen LogP contribution < -0.4 is 0 Å². The predicted octanol–water partition coefficient (Wildman–Crippen LogP) is 2.84. The molecule has 0 radical (unpaired) electrons. The Hall–Kier alpha value is -1.88. The number of nitrogens with zero attached hydrogens (tertiary/aromatic N) is 3. The van der Waals surface area contributed by atoms with Crippen LogP contribution in [0.3, 0.4) is 0 Å². The van der Waals surface area contributed by atoms with Gasteiger partial charge in [-0.05, 0) is 19.1 Å². The lowest BCUT2D eigenvalue weighted by atomic mass is 10.3. The molecule has 1 aromatic carbocycles. The van der Waals surface area contributed by atoms with Gasteiger partial charge >= 0.3 is 0 Å². The summed E-state index contributed by atoms with van der Waals surface area (Å²) in [5.41, 5.74) is 1.93. The molecule has 0 spiro atoms. The molecule has 3 aromatic rings. The Morgan fingerprint density at radius 3 is 2.89 bits per heavy atom. The fourth-order valence-electron chi connectivity index (χ4n) is 1.74. The van der Waals surface area contributed by atoms with Crippen molar-refractivity contribution in [3.05, 3.63) is 41.8 Å². The first-order valence-electron chi connectivity index (χ1n) is 5.62. The number of nitrogens with one attached hydrogen (secondary N) is 1. The molecule has 1 N–H and O–H groups in total. The molecule has 0 saturated heterocycles. The highest BCUT2D eigenvalue weighted by atomic mass is 35.5. The Morgan fingerprint density at radius 1 is 1.33 bits per heavy atom. The monoisotopic (exact) mass is 262 g/mol. The van der Waals surface area contributed by atoms with Gasteiger partial charge in [0.05, 0.1) is 17.5 Å². The number of halogens is 1. The molecule has 0 aliphatic heterocycles. The molecule has 6 heteroatoms. The number of alkyl halides is 1. The van der Waals surface area contributed by atoms with Gasteiger partial charge in [0, 0.05) is 0 Å². The van der Waals surface area contributed by atoms with Crippen LogP contribution in [0.15, 0.2) is 28.8 Å². The van der Waals surface area contributed by atoms with Crippen molar-refractivity contribution in [1.29, 1.82) is 0 Å². The Kier molecular flexibility index (Phi) is 2.76. The first kappa shape index (κ1) is 11.2. The number of benzene rings is 1. The van der Waals surface area contributed by atoms with E-state index in [1.807, 2.05) is 24.3 Å². The van der Waals surface area contributed by atoms with Crippen LogP contribution >= 0.6 is 11.6 Å². The zero-order valence-electron chi connectivity index (χ0n) is 9.72. The summed E-state index contributed by atoms with van der Waals surface area (Å²) >= 11 is 5.86. The molecular weight excluding hydrogens is 252 g/mol. The normalized spacial score (nSPS) is 13.0. The number of para-hydroxylation sites is 2. The zero-order valence-corrected chi connectivity index (χ0v) is 10.5. The van der Waals surface area contributed by atoms with E-state index in [2.05, 4.69) is 20.1 Å². The molecule has 0 aliphatic carbocycles. The summed E-state index contributed by atoms with van der Waals surface area (Å²) in [5.74, 6) is 1.82. The summed E-state index contributed by atoms with van der Waals surface area (Å²) in [6.45, 7) is 1.79. The van der Waals surface area contributed by atoms with Crippen LogP contribution in [-0.2, 0) is 6.42 Å². The minimum atomic E-state index is -0.276. The van der Waals surface area contributed by atoms with Crippen LogP contribution in [0.2, 0.25) is 0 Å². The van der Waals surface area contributed by atoms with Crippen molar-refractivity contribution in [3.63, 3.8) is 0 Å². The second kappa shape index (κ2) is 4.42. The third-order valence-corrected chi connectivity index (χ3v) is 2.77. The Morgan fingerprint density at radius 2 is 2.17 bits per heavy atom.